The molecule has 0 radical (unpaired) electrons. The highest BCUT2D eigenvalue weighted by molar-refractivity contribution is 6.21. The molecule has 2 amide bonds. The first-order chi connectivity index (χ1) is 10.1. The van der Waals surface area contributed by atoms with Gasteiger partial charge in [0.1, 0.15) is 0 Å². The van der Waals surface area contributed by atoms with Gasteiger partial charge < -0.3 is 4.74 Å². The molecule has 1 aromatic rings. The van der Waals surface area contributed by atoms with Crippen LogP contribution >= 0.6 is 0 Å². The fourth-order valence-corrected chi connectivity index (χ4v) is 2.16. The lowest BCUT2D eigenvalue weighted by atomic mass is 10.1. The number of carbonyl (C=O) groups is 3. The standard InChI is InChI=1S/C15H18N2O4/c1-2-21-13(18)8-5-9-16-10-17-14(19)11-6-3-4-7-12(11)15(17)20/h3-4,6-7,16H,2,5,8-10H2,1H3. The maximum Gasteiger partial charge on any atom is 0.305 e. The molecule has 112 valence electrons. The van der Waals surface area contributed by atoms with Crippen molar-refractivity contribution in [2.24, 2.45) is 0 Å². The van der Waals surface area contributed by atoms with E-state index in [0.29, 0.717) is 37.1 Å². The number of ether oxygens (including phenoxy) is 1. The van der Waals surface area contributed by atoms with E-state index in [9.17, 15) is 14.4 Å². The molecule has 1 heterocycles. The Kier molecular flexibility index (Phi) is 5.05. The maximum absolute atomic E-state index is 12.1. The van der Waals surface area contributed by atoms with Crippen LogP contribution in [0.3, 0.4) is 0 Å². The van der Waals surface area contributed by atoms with Gasteiger partial charge in [0.2, 0.25) is 0 Å². The molecule has 0 spiro atoms. The number of imide groups is 1. The molecule has 2 rings (SSSR count). The topological polar surface area (TPSA) is 75.7 Å². The third kappa shape index (κ3) is 3.46. The summed E-state index contributed by atoms with van der Waals surface area (Å²) in [4.78, 5) is 36.4. The van der Waals surface area contributed by atoms with Gasteiger partial charge >= 0.3 is 5.97 Å². The monoisotopic (exact) mass is 290 g/mol. The summed E-state index contributed by atoms with van der Waals surface area (Å²) in [6.07, 6.45) is 0.922. The first-order valence-electron chi connectivity index (χ1n) is 6.96. The predicted octanol–water partition coefficient (Wildman–Crippen LogP) is 1.17. The largest absolute Gasteiger partial charge is 0.466 e. The molecule has 6 heteroatoms. The molecule has 1 N–H and O–H groups in total. The van der Waals surface area contributed by atoms with Crippen LogP contribution < -0.4 is 5.32 Å². The van der Waals surface area contributed by atoms with Gasteiger partial charge in [-0.15, -0.1) is 0 Å². The Morgan fingerprint density at radius 2 is 1.81 bits per heavy atom. The summed E-state index contributed by atoms with van der Waals surface area (Å²) in [6.45, 7) is 2.82. The minimum absolute atomic E-state index is 0.148. The van der Waals surface area contributed by atoms with Gasteiger partial charge in [0.05, 0.1) is 24.4 Å². The van der Waals surface area contributed by atoms with Crippen LogP contribution in [-0.2, 0) is 9.53 Å². The Bertz CT molecular complexity index is 521. The maximum atomic E-state index is 12.1. The van der Waals surface area contributed by atoms with Crippen LogP contribution in [-0.4, -0.2) is 42.5 Å². The predicted molar refractivity (Wildman–Crippen MR) is 75.7 cm³/mol. The van der Waals surface area contributed by atoms with Gasteiger partial charge in [-0.05, 0) is 32.0 Å². The van der Waals surface area contributed by atoms with Crippen LogP contribution in [0, 0.1) is 0 Å². The third-order valence-corrected chi connectivity index (χ3v) is 3.19. The number of hydrogen-bond acceptors (Lipinski definition) is 5. The summed E-state index contributed by atoms with van der Waals surface area (Å²) in [5.74, 6) is -0.804. The molecule has 0 saturated carbocycles. The summed E-state index contributed by atoms with van der Waals surface area (Å²) < 4.78 is 4.81. The molecular weight excluding hydrogens is 272 g/mol. The number of rotatable bonds is 7. The Balaban J connectivity index is 1.77. The molecule has 0 unspecified atom stereocenters. The summed E-state index contributed by atoms with van der Waals surface area (Å²) in [7, 11) is 0. The first kappa shape index (κ1) is 15.2. The fourth-order valence-electron chi connectivity index (χ4n) is 2.16. The fraction of sp³-hybridized carbons (Fsp3) is 0.400. The number of nitrogens with one attached hydrogen (secondary N) is 1. The SMILES string of the molecule is CCOC(=O)CCCNCN1C(=O)c2ccccc2C1=O. The molecule has 0 aromatic heterocycles. The summed E-state index contributed by atoms with van der Waals surface area (Å²) >= 11 is 0. The Morgan fingerprint density at radius 3 is 2.38 bits per heavy atom. The average molecular weight is 290 g/mol. The van der Waals surface area contributed by atoms with Crippen molar-refractivity contribution < 1.29 is 19.1 Å². The highest BCUT2D eigenvalue weighted by atomic mass is 16.5. The van der Waals surface area contributed by atoms with Crippen LogP contribution in [0.5, 0.6) is 0 Å². The number of amides is 2. The van der Waals surface area contributed by atoms with Crippen molar-refractivity contribution in [2.75, 3.05) is 19.8 Å². The Morgan fingerprint density at radius 1 is 1.19 bits per heavy atom. The van der Waals surface area contributed by atoms with Crippen LogP contribution in [0.4, 0.5) is 0 Å². The molecule has 0 aliphatic carbocycles. The van der Waals surface area contributed by atoms with E-state index in [1.165, 1.54) is 4.90 Å². The lowest BCUT2D eigenvalue weighted by molar-refractivity contribution is -0.143. The van der Waals surface area contributed by atoms with Crippen molar-refractivity contribution in [3.8, 4) is 0 Å². The highest BCUT2D eigenvalue weighted by Gasteiger charge is 2.34. The first-order valence-corrected chi connectivity index (χ1v) is 6.96. The van der Waals surface area contributed by atoms with Gasteiger partial charge in [-0.25, -0.2) is 0 Å². The second-order valence-electron chi connectivity index (χ2n) is 4.65. The highest BCUT2D eigenvalue weighted by Crippen LogP contribution is 2.21. The number of esters is 1. The van der Waals surface area contributed by atoms with Crippen molar-refractivity contribution in [1.82, 2.24) is 10.2 Å². The molecule has 1 aromatic carbocycles. The second-order valence-corrected chi connectivity index (χ2v) is 4.65. The van der Waals surface area contributed by atoms with Gasteiger partial charge in [0.25, 0.3) is 11.8 Å². The van der Waals surface area contributed by atoms with E-state index in [-0.39, 0.29) is 24.5 Å². The van der Waals surface area contributed by atoms with Crippen molar-refractivity contribution in [3.63, 3.8) is 0 Å². The molecule has 0 saturated heterocycles. The molecular formula is C15H18N2O4. The second kappa shape index (κ2) is 6.99. The summed E-state index contributed by atoms with van der Waals surface area (Å²) in [6, 6.07) is 6.77. The van der Waals surface area contributed by atoms with Crippen LogP contribution in [0.15, 0.2) is 24.3 Å². The van der Waals surface area contributed by atoms with E-state index in [4.69, 9.17) is 4.74 Å². The smallest absolute Gasteiger partial charge is 0.305 e. The zero-order valence-electron chi connectivity index (χ0n) is 11.9. The average Bonchev–Trinajstić information content (AvgIpc) is 2.72. The number of fused-ring (bicyclic) bond motifs is 1. The van der Waals surface area contributed by atoms with E-state index in [1.807, 2.05) is 0 Å². The van der Waals surface area contributed by atoms with E-state index in [1.54, 1.807) is 31.2 Å². The van der Waals surface area contributed by atoms with Crippen molar-refractivity contribution in [3.05, 3.63) is 35.4 Å². The van der Waals surface area contributed by atoms with Crippen LogP contribution in [0.1, 0.15) is 40.5 Å². The third-order valence-electron chi connectivity index (χ3n) is 3.19. The van der Waals surface area contributed by atoms with Crippen LogP contribution in [0.2, 0.25) is 0 Å². The van der Waals surface area contributed by atoms with E-state index < -0.39 is 0 Å². The lowest BCUT2D eigenvalue weighted by Gasteiger charge is -2.14. The molecule has 0 atom stereocenters. The molecule has 21 heavy (non-hydrogen) atoms. The van der Waals surface area contributed by atoms with Gasteiger partial charge in [-0.1, -0.05) is 12.1 Å². The molecule has 1 aliphatic heterocycles. The van der Waals surface area contributed by atoms with Gasteiger partial charge in [-0.2, -0.15) is 0 Å². The molecule has 1 aliphatic rings. The molecule has 0 fully saturated rings. The number of benzene rings is 1. The minimum Gasteiger partial charge on any atom is -0.466 e. The van der Waals surface area contributed by atoms with Gasteiger partial charge in [0, 0.05) is 6.42 Å². The minimum atomic E-state index is -0.284. The van der Waals surface area contributed by atoms with E-state index in [2.05, 4.69) is 5.32 Å². The van der Waals surface area contributed by atoms with Gasteiger partial charge in [-0.3, -0.25) is 24.6 Å². The van der Waals surface area contributed by atoms with Crippen LogP contribution in [0.25, 0.3) is 0 Å². The zero-order valence-corrected chi connectivity index (χ0v) is 11.9. The number of carbonyl (C=O) groups excluding carboxylic acids is 3. The van der Waals surface area contributed by atoms with Crippen molar-refractivity contribution in [1.29, 1.82) is 0 Å². The molecule has 0 bridgehead atoms. The lowest BCUT2D eigenvalue weighted by Crippen LogP contribution is -2.38. The molecule has 6 nitrogen and oxygen atoms in total. The Hall–Kier alpha value is -2.21. The van der Waals surface area contributed by atoms with Gasteiger partial charge in [0.15, 0.2) is 0 Å². The van der Waals surface area contributed by atoms with E-state index >= 15 is 0 Å². The zero-order chi connectivity index (χ0) is 15.2. The van der Waals surface area contributed by atoms with Crippen molar-refractivity contribution in [2.45, 2.75) is 19.8 Å². The summed E-state index contributed by atoms with van der Waals surface area (Å²) in [5, 5.41) is 3.00. The van der Waals surface area contributed by atoms with E-state index in [0.717, 1.165) is 0 Å². The quantitative estimate of drug-likeness (QED) is 0.463. The number of hydrogen-bond donors (Lipinski definition) is 1. The normalized spacial score (nSPS) is 13.5. The van der Waals surface area contributed by atoms with Crippen molar-refractivity contribution >= 4 is 17.8 Å². The Labute approximate surface area is 123 Å². The summed E-state index contributed by atoms with van der Waals surface area (Å²) in [5.41, 5.74) is 0.881. The number of nitrogens with zero attached hydrogens (tertiary/aromatic N) is 1.